The first-order valence-corrected chi connectivity index (χ1v) is 7.92. The molecular weight excluding hydrogens is 292 g/mol. The zero-order chi connectivity index (χ0) is 16.5. The van der Waals surface area contributed by atoms with Crippen molar-refractivity contribution in [2.75, 3.05) is 25.5 Å². The number of H-pyrrole nitrogens is 1. The van der Waals surface area contributed by atoms with Crippen molar-refractivity contribution >= 4 is 5.95 Å². The Hall–Kier alpha value is -2.34. The molecule has 0 fully saturated rings. The molecule has 0 radical (unpaired) electrons. The van der Waals surface area contributed by atoms with Gasteiger partial charge in [0.1, 0.15) is 5.75 Å². The molecule has 6 heteroatoms. The van der Waals surface area contributed by atoms with Crippen LogP contribution in [0.15, 0.2) is 35.1 Å². The molecule has 1 aromatic heterocycles. The van der Waals surface area contributed by atoms with E-state index in [4.69, 9.17) is 10.5 Å². The Bertz CT molecular complexity index is 670. The number of benzene rings is 1. The number of aromatic nitrogens is 2. The highest BCUT2D eigenvalue weighted by atomic mass is 16.5. The lowest BCUT2D eigenvalue weighted by atomic mass is 10.1. The van der Waals surface area contributed by atoms with Gasteiger partial charge in [-0.1, -0.05) is 25.0 Å². The maximum atomic E-state index is 11.8. The van der Waals surface area contributed by atoms with E-state index in [0.29, 0.717) is 11.6 Å². The number of ether oxygens (including phenoxy) is 1. The molecule has 1 aromatic carbocycles. The van der Waals surface area contributed by atoms with Gasteiger partial charge in [-0.05, 0) is 31.5 Å². The van der Waals surface area contributed by atoms with Crippen LogP contribution in [0.5, 0.6) is 5.75 Å². The number of anilines is 1. The highest BCUT2D eigenvalue weighted by molar-refractivity contribution is 5.61. The predicted octanol–water partition coefficient (Wildman–Crippen LogP) is 2.38. The van der Waals surface area contributed by atoms with Crippen LogP contribution in [-0.2, 0) is 0 Å². The van der Waals surface area contributed by atoms with Gasteiger partial charge in [0, 0.05) is 18.2 Å². The van der Waals surface area contributed by atoms with E-state index in [0.717, 1.165) is 50.1 Å². The van der Waals surface area contributed by atoms with Gasteiger partial charge in [-0.15, -0.1) is 0 Å². The molecule has 0 spiro atoms. The van der Waals surface area contributed by atoms with Gasteiger partial charge in [-0.2, -0.15) is 0 Å². The minimum absolute atomic E-state index is 0.177. The maximum Gasteiger partial charge on any atom is 0.252 e. The molecule has 0 saturated carbocycles. The van der Waals surface area contributed by atoms with Gasteiger partial charge in [-0.25, -0.2) is 4.98 Å². The summed E-state index contributed by atoms with van der Waals surface area (Å²) < 4.78 is 5.21. The van der Waals surface area contributed by atoms with E-state index in [9.17, 15) is 4.79 Å². The van der Waals surface area contributed by atoms with Gasteiger partial charge in [0.15, 0.2) is 0 Å². The fraction of sp³-hybridized carbons (Fsp3) is 0.412. The molecule has 6 nitrogen and oxygen atoms in total. The van der Waals surface area contributed by atoms with E-state index in [-0.39, 0.29) is 5.56 Å². The van der Waals surface area contributed by atoms with Crippen molar-refractivity contribution in [3.8, 4) is 17.0 Å². The summed E-state index contributed by atoms with van der Waals surface area (Å²) in [4.78, 5) is 19.0. The monoisotopic (exact) mass is 316 g/mol. The lowest BCUT2D eigenvalue weighted by Gasteiger charge is -2.08. The molecule has 0 amide bonds. The fourth-order valence-electron chi connectivity index (χ4n) is 2.30. The number of hydrogen-bond donors (Lipinski definition) is 3. The molecule has 0 bridgehead atoms. The molecule has 0 aliphatic rings. The Kier molecular flexibility index (Phi) is 6.62. The smallest absolute Gasteiger partial charge is 0.252 e. The van der Waals surface area contributed by atoms with Crippen LogP contribution in [0.1, 0.15) is 25.7 Å². The topological polar surface area (TPSA) is 93.0 Å². The molecule has 2 aromatic rings. The summed E-state index contributed by atoms with van der Waals surface area (Å²) in [5.74, 6) is 1.23. The van der Waals surface area contributed by atoms with Crippen molar-refractivity contribution < 1.29 is 4.74 Å². The molecule has 0 unspecified atom stereocenters. The standard InChI is InChI=1S/C17H24N4O2/c1-23-14-8-6-7-13(11-14)15-12-16(22)21-17(20-15)19-10-5-3-2-4-9-18/h6-8,11-12H,2-5,9-10,18H2,1H3,(H2,19,20,21,22). The van der Waals surface area contributed by atoms with Crippen molar-refractivity contribution in [1.82, 2.24) is 9.97 Å². The van der Waals surface area contributed by atoms with Crippen LogP contribution < -0.4 is 21.3 Å². The molecule has 0 atom stereocenters. The molecule has 4 N–H and O–H groups in total. The summed E-state index contributed by atoms with van der Waals surface area (Å²) in [6.07, 6.45) is 4.32. The van der Waals surface area contributed by atoms with Gasteiger partial charge in [0.25, 0.3) is 5.56 Å². The second kappa shape index (κ2) is 8.95. The lowest BCUT2D eigenvalue weighted by molar-refractivity contribution is 0.415. The minimum atomic E-state index is -0.177. The van der Waals surface area contributed by atoms with Crippen molar-refractivity contribution in [3.63, 3.8) is 0 Å². The molecular formula is C17H24N4O2. The van der Waals surface area contributed by atoms with E-state index in [1.165, 1.54) is 6.07 Å². The summed E-state index contributed by atoms with van der Waals surface area (Å²) in [7, 11) is 1.61. The number of rotatable bonds is 9. The Morgan fingerprint density at radius 1 is 1.22 bits per heavy atom. The second-order valence-electron chi connectivity index (χ2n) is 5.34. The van der Waals surface area contributed by atoms with Gasteiger partial charge in [0.05, 0.1) is 12.8 Å². The van der Waals surface area contributed by atoms with Crippen molar-refractivity contribution in [2.24, 2.45) is 5.73 Å². The number of unbranched alkanes of at least 4 members (excludes halogenated alkanes) is 3. The SMILES string of the molecule is COc1cccc(-c2cc(=O)[nH]c(NCCCCCCN)n2)c1. The van der Waals surface area contributed by atoms with E-state index >= 15 is 0 Å². The van der Waals surface area contributed by atoms with Gasteiger partial charge >= 0.3 is 0 Å². The van der Waals surface area contributed by atoms with Crippen molar-refractivity contribution in [2.45, 2.75) is 25.7 Å². The van der Waals surface area contributed by atoms with Gasteiger partial charge in [0.2, 0.25) is 5.95 Å². The van der Waals surface area contributed by atoms with E-state index in [1.54, 1.807) is 7.11 Å². The number of nitrogens with one attached hydrogen (secondary N) is 2. The first-order valence-electron chi connectivity index (χ1n) is 7.92. The first-order chi connectivity index (χ1) is 11.2. The Morgan fingerprint density at radius 3 is 2.83 bits per heavy atom. The fourth-order valence-corrected chi connectivity index (χ4v) is 2.30. The van der Waals surface area contributed by atoms with Crippen LogP contribution in [0.25, 0.3) is 11.3 Å². The highest BCUT2D eigenvalue weighted by Crippen LogP contribution is 2.21. The number of aromatic amines is 1. The van der Waals surface area contributed by atoms with Crippen molar-refractivity contribution in [3.05, 3.63) is 40.7 Å². The average molecular weight is 316 g/mol. The molecule has 0 aliphatic heterocycles. The quantitative estimate of drug-likeness (QED) is 0.618. The van der Waals surface area contributed by atoms with Crippen LogP contribution in [0, 0.1) is 0 Å². The molecule has 124 valence electrons. The summed E-state index contributed by atoms with van der Waals surface area (Å²) in [6, 6.07) is 8.99. The number of nitrogens with two attached hydrogens (primary N) is 1. The summed E-state index contributed by atoms with van der Waals surface area (Å²) >= 11 is 0. The largest absolute Gasteiger partial charge is 0.497 e. The number of nitrogens with zero attached hydrogens (tertiary/aromatic N) is 1. The van der Waals surface area contributed by atoms with Gasteiger partial charge < -0.3 is 15.8 Å². The van der Waals surface area contributed by atoms with Crippen LogP contribution in [0.3, 0.4) is 0 Å². The number of methoxy groups -OCH3 is 1. The van der Waals surface area contributed by atoms with Crippen LogP contribution in [0.2, 0.25) is 0 Å². The summed E-state index contributed by atoms with van der Waals surface area (Å²) in [6.45, 7) is 1.51. The molecule has 23 heavy (non-hydrogen) atoms. The lowest BCUT2D eigenvalue weighted by Crippen LogP contribution is -2.13. The second-order valence-corrected chi connectivity index (χ2v) is 5.34. The Morgan fingerprint density at radius 2 is 2.04 bits per heavy atom. The molecule has 1 heterocycles. The third kappa shape index (κ3) is 5.41. The van der Waals surface area contributed by atoms with Gasteiger partial charge in [-0.3, -0.25) is 9.78 Å². The van der Waals surface area contributed by atoms with E-state index in [1.807, 2.05) is 24.3 Å². The van der Waals surface area contributed by atoms with Crippen LogP contribution in [0.4, 0.5) is 5.95 Å². The minimum Gasteiger partial charge on any atom is -0.497 e. The molecule has 0 saturated heterocycles. The average Bonchev–Trinajstić information content (AvgIpc) is 2.57. The first kappa shape index (κ1) is 17.0. The van der Waals surface area contributed by atoms with Crippen molar-refractivity contribution in [1.29, 1.82) is 0 Å². The summed E-state index contributed by atoms with van der Waals surface area (Å²) in [5.41, 5.74) is 6.76. The highest BCUT2D eigenvalue weighted by Gasteiger charge is 2.05. The molecule has 0 aliphatic carbocycles. The van der Waals surface area contributed by atoms with E-state index < -0.39 is 0 Å². The van der Waals surface area contributed by atoms with Crippen LogP contribution in [-0.4, -0.2) is 30.2 Å². The predicted molar refractivity (Wildman–Crippen MR) is 92.9 cm³/mol. The van der Waals surface area contributed by atoms with E-state index in [2.05, 4.69) is 15.3 Å². The normalized spacial score (nSPS) is 10.5. The molecule has 2 rings (SSSR count). The third-order valence-electron chi connectivity index (χ3n) is 3.53. The number of hydrogen-bond acceptors (Lipinski definition) is 5. The Labute approximate surface area is 136 Å². The third-order valence-corrected chi connectivity index (χ3v) is 3.53. The Balaban J connectivity index is 2.02. The zero-order valence-corrected chi connectivity index (χ0v) is 13.5. The summed E-state index contributed by atoms with van der Waals surface area (Å²) in [5, 5.41) is 3.17. The maximum absolute atomic E-state index is 11.8. The van der Waals surface area contributed by atoms with Crippen LogP contribution >= 0.6 is 0 Å². The zero-order valence-electron chi connectivity index (χ0n) is 13.5.